The molecule has 2 aromatic rings. The highest BCUT2D eigenvalue weighted by Crippen LogP contribution is 2.23. The Kier molecular flexibility index (Phi) is 6.26. The number of likely N-dealkylation sites (tertiary alicyclic amines) is 1. The summed E-state index contributed by atoms with van der Waals surface area (Å²) in [5.74, 6) is -1.66. The summed E-state index contributed by atoms with van der Waals surface area (Å²) in [6.45, 7) is 2.68. The lowest BCUT2D eigenvalue weighted by Gasteiger charge is -2.32. The minimum Gasteiger partial charge on any atom is -0.465 e. The highest BCUT2D eigenvalue weighted by atomic mass is 19.1. The van der Waals surface area contributed by atoms with E-state index >= 15 is 0 Å². The third-order valence-corrected chi connectivity index (χ3v) is 5.09. The Bertz CT molecular complexity index is 927. The smallest absolute Gasteiger partial charge is 0.337 e. The normalized spacial score (nSPS) is 16.2. The highest BCUT2D eigenvalue weighted by molar-refractivity contribution is 5.98. The summed E-state index contributed by atoms with van der Waals surface area (Å²) in [6, 6.07) is 10.4. The van der Waals surface area contributed by atoms with Crippen LogP contribution in [0.15, 0.2) is 42.5 Å². The first kappa shape index (κ1) is 20.5. The first-order valence-corrected chi connectivity index (χ1v) is 9.43. The standard InChI is InChI=1S/C22H23FN2O4/c1-14-5-6-16(22(28)29-2)12-19(14)24-20(26)17-4-3-11-25(13-17)21(27)15-7-9-18(23)10-8-15/h5-10,12,17H,3-4,11,13H2,1-2H3,(H,24,26)/t17-/m1/s1. The molecule has 1 heterocycles. The molecule has 6 nitrogen and oxygen atoms in total. The second-order valence-corrected chi connectivity index (χ2v) is 7.11. The second kappa shape index (κ2) is 8.86. The molecule has 7 heteroatoms. The van der Waals surface area contributed by atoms with Crippen molar-refractivity contribution in [3.8, 4) is 0 Å². The topological polar surface area (TPSA) is 75.7 Å². The van der Waals surface area contributed by atoms with Gasteiger partial charge in [-0.2, -0.15) is 0 Å². The van der Waals surface area contributed by atoms with Gasteiger partial charge in [0.1, 0.15) is 5.82 Å². The van der Waals surface area contributed by atoms with Gasteiger partial charge in [0.2, 0.25) is 5.91 Å². The molecule has 3 rings (SSSR count). The first-order valence-electron chi connectivity index (χ1n) is 9.43. The Hall–Kier alpha value is -3.22. The third kappa shape index (κ3) is 4.80. The zero-order chi connectivity index (χ0) is 21.0. The van der Waals surface area contributed by atoms with E-state index < -0.39 is 11.8 Å². The minimum absolute atomic E-state index is 0.202. The van der Waals surface area contributed by atoms with E-state index in [-0.39, 0.29) is 24.3 Å². The van der Waals surface area contributed by atoms with Crippen molar-refractivity contribution in [1.29, 1.82) is 0 Å². The van der Waals surface area contributed by atoms with Crippen LogP contribution in [0.4, 0.5) is 10.1 Å². The van der Waals surface area contributed by atoms with Crippen molar-refractivity contribution in [2.24, 2.45) is 5.92 Å². The van der Waals surface area contributed by atoms with Crippen LogP contribution in [0.5, 0.6) is 0 Å². The van der Waals surface area contributed by atoms with Crippen molar-refractivity contribution >= 4 is 23.5 Å². The van der Waals surface area contributed by atoms with Gasteiger partial charge in [-0.3, -0.25) is 9.59 Å². The lowest BCUT2D eigenvalue weighted by Crippen LogP contribution is -2.43. The van der Waals surface area contributed by atoms with Gasteiger partial charge in [0.05, 0.1) is 18.6 Å². The molecule has 1 N–H and O–H groups in total. The van der Waals surface area contributed by atoms with Crippen LogP contribution in [0.25, 0.3) is 0 Å². The molecule has 2 amide bonds. The van der Waals surface area contributed by atoms with Gasteiger partial charge in [-0.1, -0.05) is 6.07 Å². The van der Waals surface area contributed by atoms with E-state index in [0.29, 0.717) is 36.2 Å². The number of esters is 1. The molecule has 1 fully saturated rings. The number of nitrogens with zero attached hydrogens (tertiary/aromatic N) is 1. The monoisotopic (exact) mass is 398 g/mol. The Morgan fingerprint density at radius 3 is 2.48 bits per heavy atom. The lowest BCUT2D eigenvalue weighted by molar-refractivity contribution is -0.121. The molecule has 0 bridgehead atoms. The van der Waals surface area contributed by atoms with E-state index in [1.54, 1.807) is 23.1 Å². The van der Waals surface area contributed by atoms with Gasteiger partial charge in [-0.25, -0.2) is 9.18 Å². The van der Waals surface area contributed by atoms with Gasteiger partial charge < -0.3 is 15.0 Å². The van der Waals surface area contributed by atoms with Crippen molar-refractivity contribution in [3.63, 3.8) is 0 Å². The fourth-order valence-corrected chi connectivity index (χ4v) is 3.39. The predicted molar refractivity (Wildman–Crippen MR) is 106 cm³/mol. The molecule has 2 aromatic carbocycles. The first-order chi connectivity index (χ1) is 13.9. The third-order valence-electron chi connectivity index (χ3n) is 5.09. The summed E-state index contributed by atoms with van der Waals surface area (Å²) in [7, 11) is 1.30. The van der Waals surface area contributed by atoms with Gasteiger partial charge in [0.25, 0.3) is 5.91 Å². The zero-order valence-corrected chi connectivity index (χ0v) is 16.4. The number of ether oxygens (including phenoxy) is 1. The predicted octanol–water partition coefficient (Wildman–Crippen LogP) is 3.41. The maximum atomic E-state index is 13.1. The largest absolute Gasteiger partial charge is 0.465 e. The van der Waals surface area contributed by atoms with Crippen LogP contribution in [0, 0.1) is 18.7 Å². The fourth-order valence-electron chi connectivity index (χ4n) is 3.39. The summed E-state index contributed by atoms with van der Waals surface area (Å²) in [4.78, 5) is 38.8. The fraction of sp³-hybridized carbons (Fsp3) is 0.318. The number of piperidine rings is 1. The van der Waals surface area contributed by atoms with Crippen molar-refractivity contribution in [3.05, 3.63) is 65.0 Å². The molecule has 29 heavy (non-hydrogen) atoms. The lowest BCUT2D eigenvalue weighted by atomic mass is 9.96. The molecule has 152 valence electrons. The number of carbonyl (C=O) groups excluding carboxylic acids is 3. The van der Waals surface area contributed by atoms with Gasteiger partial charge in [-0.05, 0) is 61.7 Å². The van der Waals surface area contributed by atoms with E-state index in [1.807, 2.05) is 6.92 Å². The molecule has 0 radical (unpaired) electrons. The maximum absolute atomic E-state index is 13.1. The average molecular weight is 398 g/mol. The van der Waals surface area contributed by atoms with Gasteiger partial charge >= 0.3 is 5.97 Å². The SMILES string of the molecule is COC(=O)c1ccc(C)c(NC(=O)[C@@H]2CCCN(C(=O)c3ccc(F)cc3)C2)c1. The number of aryl methyl sites for hydroxylation is 1. The van der Waals surface area contributed by atoms with Gasteiger partial charge in [-0.15, -0.1) is 0 Å². The Morgan fingerprint density at radius 2 is 1.79 bits per heavy atom. The molecule has 1 aliphatic rings. The molecular formula is C22H23FN2O4. The molecule has 1 aliphatic heterocycles. The van der Waals surface area contributed by atoms with Crippen LogP contribution in [0.1, 0.15) is 39.1 Å². The Labute approximate surface area is 168 Å². The summed E-state index contributed by atoms with van der Waals surface area (Å²) < 4.78 is 17.8. The van der Waals surface area contributed by atoms with Crippen LogP contribution < -0.4 is 5.32 Å². The molecule has 0 spiro atoms. The minimum atomic E-state index is -0.478. The second-order valence-electron chi connectivity index (χ2n) is 7.11. The number of benzene rings is 2. The van der Waals surface area contributed by atoms with Crippen molar-refractivity contribution in [2.45, 2.75) is 19.8 Å². The van der Waals surface area contributed by atoms with E-state index in [1.165, 1.54) is 31.4 Å². The molecular weight excluding hydrogens is 375 g/mol. The van der Waals surface area contributed by atoms with E-state index in [9.17, 15) is 18.8 Å². The van der Waals surface area contributed by atoms with Gasteiger partial charge in [0.15, 0.2) is 0 Å². The number of nitrogens with one attached hydrogen (secondary N) is 1. The summed E-state index contributed by atoms with van der Waals surface area (Å²) in [5.41, 5.74) is 2.11. The summed E-state index contributed by atoms with van der Waals surface area (Å²) in [5, 5.41) is 2.87. The number of anilines is 1. The molecule has 0 aliphatic carbocycles. The van der Waals surface area contributed by atoms with Crippen LogP contribution in [0.2, 0.25) is 0 Å². The van der Waals surface area contributed by atoms with Crippen LogP contribution in [-0.4, -0.2) is 42.9 Å². The van der Waals surface area contributed by atoms with E-state index in [0.717, 1.165) is 5.56 Å². The number of hydrogen-bond acceptors (Lipinski definition) is 4. The summed E-state index contributed by atoms with van der Waals surface area (Å²) >= 11 is 0. The van der Waals surface area contributed by atoms with Crippen molar-refractivity contribution < 1.29 is 23.5 Å². The zero-order valence-electron chi connectivity index (χ0n) is 16.4. The average Bonchev–Trinajstić information content (AvgIpc) is 2.74. The number of hydrogen-bond donors (Lipinski definition) is 1. The highest BCUT2D eigenvalue weighted by Gasteiger charge is 2.29. The summed E-state index contributed by atoms with van der Waals surface area (Å²) in [6.07, 6.45) is 1.36. The van der Waals surface area contributed by atoms with Crippen LogP contribution >= 0.6 is 0 Å². The number of rotatable bonds is 4. The molecule has 1 atom stereocenters. The van der Waals surface area contributed by atoms with E-state index in [4.69, 9.17) is 4.74 Å². The molecule has 0 unspecified atom stereocenters. The number of methoxy groups -OCH3 is 1. The number of halogens is 1. The van der Waals surface area contributed by atoms with E-state index in [2.05, 4.69) is 5.32 Å². The quantitative estimate of drug-likeness (QED) is 0.801. The molecule has 1 saturated heterocycles. The number of amides is 2. The van der Waals surface area contributed by atoms with Crippen LogP contribution in [-0.2, 0) is 9.53 Å². The van der Waals surface area contributed by atoms with Crippen molar-refractivity contribution in [2.75, 3.05) is 25.5 Å². The Morgan fingerprint density at radius 1 is 1.10 bits per heavy atom. The number of carbonyl (C=O) groups is 3. The molecule has 0 aromatic heterocycles. The van der Waals surface area contributed by atoms with Crippen LogP contribution in [0.3, 0.4) is 0 Å². The molecule has 0 saturated carbocycles. The van der Waals surface area contributed by atoms with Gasteiger partial charge in [0, 0.05) is 24.3 Å². The maximum Gasteiger partial charge on any atom is 0.337 e. The Balaban J connectivity index is 1.69. The van der Waals surface area contributed by atoms with Crippen molar-refractivity contribution in [1.82, 2.24) is 4.90 Å².